The zero-order valence-corrected chi connectivity index (χ0v) is 10.0. The van der Waals surface area contributed by atoms with E-state index in [0.717, 1.165) is 38.6 Å². The minimum absolute atomic E-state index is 0.0942. The van der Waals surface area contributed by atoms with E-state index in [0.29, 0.717) is 13.0 Å². The van der Waals surface area contributed by atoms with Crippen LogP contribution >= 0.6 is 0 Å². The first-order valence-corrected chi connectivity index (χ1v) is 6.43. The van der Waals surface area contributed by atoms with Crippen LogP contribution < -0.4 is 5.32 Å². The second kappa shape index (κ2) is 5.49. The number of nitrogens with zero attached hydrogens (tertiary/aromatic N) is 1. The van der Waals surface area contributed by atoms with Crippen LogP contribution in [0, 0.1) is 0 Å². The molecule has 0 aromatic carbocycles. The highest BCUT2D eigenvalue weighted by Crippen LogP contribution is 2.19. The number of aliphatic carboxylic acids is 1. The first kappa shape index (κ1) is 12.4. The van der Waals surface area contributed by atoms with Crippen LogP contribution in [0.25, 0.3) is 0 Å². The highest BCUT2D eigenvalue weighted by atomic mass is 16.4. The van der Waals surface area contributed by atoms with Crippen molar-refractivity contribution < 1.29 is 14.7 Å². The van der Waals surface area contributed by atoms with Gasteiger partial charge in [-0.05, 0) is 25.8 Å². The highest BCUT2D eigenvalue weighted by Gasteiger charge is 2.30. The number of likely N-dealkylation sites (tertiary alicyclic amines) is 1. The van der Waals surface area contributed by atoms with E-state index in [9.17, 15) is 14.7 Å². The Morgan fingerprint density at radius 2 is 2.18 bits per heavy atom. The molecule has 2 fully saturated rings. The Morgan fingerprint density at radius 1 is 1.35 bits per heavy atom. The molecule has 0 aromatic heterocycles. The molecular weight excluding hydrogens is 220 g/mol. The summed E-state index contributed by atoms with van der Waals surface area (Å²) in [6, 6.07) is -0.225. The van der Waals surface area contributed by atoms with Gasteiger partial charge in [0.25, 0.3) is 0 Å². The molecule has 0 bridgehead atoms. The molecule has 2 aliphatic heterocycles. The van der Waals surface area contributed by atoms with E-state index >= 15 is 0 Å². The fraction of sp³-hybridized carbons (Fsp3) is 0.833. The Balaban J connectivity index is 1.95. The van der Waals surface area contributed by atoms with E-state index in [4.69, 9.17) is 0 Å². The molecule has 0 aliphatic carbocycles. The van der Waals surface area contributed by atoms with E-state index in [1.54, 1.807) is 0 Å². The lowest BCUT2D eigenvalue weighted by molar-refractivity contribution is -0.143. The monoisotopic (exact) mass is 240 g/mol. The fourth-order valence-corrected chi connectivity index (χ4v) is 2.76. The van der Waals surface area contributed by atoms with Crippen LogP contribution in [-0.2, 0) is 9.59 Å². The number of carbonyl (C=O) groups is 2. The summed E-state index contributed by atoms with van der Waals surface area (Å²) in [5.41, 5.74) is 0. The molecule has 0 radical (unpaired) electrons. The van der Waals surface area contributed by atoms with Crippen LogP contribution in [-0.4, -0.2) is 47.1 Å². The lowest BCUT2D eigenvalue weighted by Gasteiger charge is -2.29. The predicted octanol–water partition coefficient (Wildman–Crippen LogP) is 0.594. The van der Waals surface area contributed by atoms with Crippen LogP contribution in [0.3, 0.4) is 0 Å². The molecule has 5 heteroatoms. The normalized spacial score (nSPS) is 30.9. The van der Waals surface area contributed by atoms with Crippen molar-refractivity contribution in [1.29, 1.82) is 0 Å². The lowest BCUT2D eigenvalue weighted by atomic mass is 10.1. The Bertz CT molecular complexity index is 306. The third-order valence-corrected chi connectivity index (χ3v) is 3.69. The average Bonchev–Trinajstić information content (AvgIpc) is 2.55. The first-order valence-electron chi connectivity index (χ1n) is 6.43. The molecule has 2 saturated heterocycles. The van der Waals surface area contributed by atoms with Crippen molar-refractivity contribution in [3.63, 3.8) is 0 Å². The SMILES string of the molecule is O=C1CCC(CN2CCCCCC2C(=O)O)N1. The molecule has 0 spiro atoms. The van der Waals surface area contributed by atoms with Gasteiger partial charge in [0, 0.05) is 19.0 Å². The smallest absolute Gasteiger partial charge is 0.320 e. The molecule has 0 aromatic rings. The number of carbonyl (C=O) groups excluding carboxylic acids is 1. The van der Waals surface area contributed by atoms with E-state index in [2.05, 4.69) is 5.32 Å². The van der Waals surface area contributed by atoms with Gasteiger partial charge >= 0.3 is 5.97 Å². The van der Waals surface area contributed by atoms with Gasteiger partial charge in [0.1, 0.15) is 6.04 Å². The van der Waals surface area contributed by atoms with Gasteiger partial charge in [0.2, 0.25) is 5.91 Å². The average molecular weight is 240 g/mol. The van der Waals surface area contributed by atoms with Gasteiger partial charge in [0.15, 0.2) is 0 Å². The number of carboxylic acid groups (broad SMARTS) is 1. The molecule has 2 rings (SSSR count). The zero-order chi connectivity index (χ0) is 12.3. The maximum atomic E-state index is 11.2. The summed E-state index contributed by atoms with van der Waals surface area (Å²) < 4.78 is 0. The van der Waals surface area contributed by atoms with Crippen molar-refractivity contribution in [2.24, 2.45) is 0 Å². The summed E-state index contributed by atoms with van der Waals surface area (Å²) in [5.74, 6) is -0.632. The largest absolute Gasteiger partial charge is 0.480 e. The first-order chi connectivity index (χ1) is 8.16. The quantitative estimate of drug-likeness (QED) is 0.757. The van der Waals surface area contributed by atoms with Crippen molar-refractivity contribution in [1.82, 2.24) is 10.2 Å². The second-order valence-corrected chi connectivity index (χ2v) is 5.00. The highest BCUT2D eigenvalue weighted by molar-refractivity contribution is 5.78. The molecule has 2 aliphatic rings. The summed E-state index contributed by atoms with van der Waals surface area (Å²) in [6.07, 6.45) is 5.31. The Kier molecular flexibility index (Phi) is 3.99. The fourth-order valence-electron chi connectivity index (χ4n) is 2.76. The zero-order valence-electron chi connectivity index (χ0n) is 10.0. The summed E-state index contributed by atoms with van der Waals surface area (Å²) in [5, 5.41) is 12.1. The third-order valence-electron chi connectivity index (χ3n) is 3.69. The maximum absolute atomic E-state index is 11.2. The minimum Gasteiger partial charge on any atom is -0.480 e. The molecule has 2 atom stereocenters. The van der Waals surface area contributed by atoms with Gasteiger partial charge in [-0.1, -0.05) is 12.8 Å². The summed E-state index contributed by atoms with van der Waals surface area (Å²) in [7, 11) is 0. The van der Waals surface area contributed by atoms with Crippen molar-refractivity contribution in [3.8, 4) is 0 Å². The van der Waals surface area contributed by atoms with Gasteiger partial charge in [-0.15, -0.1) is 0 Å². The van der Waals surface area contributed by atoms with Crippen LogP contribution in [0.5, 0.6) is 0 Å². The minimum atomic E-state index is -0.726. The second-order valence-electron chi connectivity index (χ2n) is 5.00. The van der Waals surface area contributed by atoms with E-state index < -0.39 is 5.97 Å². The number of nitrogens with one attached hydrogen (secondary N) is 1. The van der Waals surface area contributed by atoms with Gasteiger partial charge in [0.05, 0.1) is 0 Å². The number of amides is 1. The Hall–Kier alpha value is -1.10. The lowest BCUT2D eigenvalue weighted by Crippen LogP contribution is -2.47. The molecule has 0 saturated carbocycles. The van der Waals surface area contributed by atoms with E-state index in [1.807, 2.05) is 4.90 Å². The van der Waals surface area contributed by atoms with Crippen LogP contribution in [0.4, 0.5) is 0 Å². The van der Waals surface area contributed by atoms with Crippen LogP contribution in [0.2, 0.25) is 0 Å². The van der Waals surface area contributed by atoms with Gasteiger partial charge < -0.3 is 10.4 Å². The Labute approximate surface area is 101 Å². The summed E-state index contributed by atoms with van der Waals surface area (Å²) in [6.45, 7) is 1.52. The van der Waals surface area contributed by atoms with Crippen molar-refractivity contribution >= 4 is 11.9 Å². The van der Waals surface area contributed by atoms with E-state index in [1.165, 1.54) is 0 Å². The molecule has 2 N–H and O–H groups in total. The predicted molar refractivity (Wildman–Crippen MR) is 62.6 cm³/mol. The topological polar surface area (TPSA) is 69.6 Å². The maximum Gasteiger partial charge on any atom is 0.320 e. The molecule has 2 unspecified atom stereocenters. The van der Waals surface area contributed by atoms with E-state index in [-0.39, 0.29) is 18.0 Å². The summed E-state index contributed by atoms with van der Waals surface area (Å²) in [4.78, 5) is 24.4. The molecule has 2 heterocycles. The van der Waals surface area contributed by atoms with Crippen molar-refractivity contribution in [3.05, 3.63) is 0 Å². The van der Waals surface area contributed by atoms with Gasteiger partial charge in [-0.25, -0.2) is 0 Å². The molecule has 96 valence electrons. The number of hydrogen-bond acceptors (Lipinski definition) is 3. The standard InChI is InChI=1S/C12H20N2O3/c15-11-6-5-9(13-11)8-14-7-3-1-2-4-10(14)12(16)17/h9-10H,1-8H2,(H,13,15)(H,16,17). The molecule has 1 amide bonds. The van der Waals surface area contributed by atoms with Crippen molar-refractivity contribution in [2.75, 3.05) is 13.1 Å². The third kappa shape index (κ3) is 3.19. The van der Waals surface area contributed by atoms with Crippen LogP contribution in [0.1, 0.15) is 38.5 Å². The van der Waals surface area contributed by atoms with Crippen LogP contribution in [0.15, 0.2) is 0 Å². The van der Waals surface area contributed by atoms with Gasteiger partial charge in [-0.3, -0.25) is 14.5 Å². The molecule has 5 nitrogen and oxygen atoms in total. The van der Waals surface area contributed by atoms with Crippen molar-refractivity contribution in [2.45, 2.75) is 50.6 Å². The number of hydrogen-bond donors (Lipinski definition) is 2. The molecular formula is C12H20N2O3. The van der Waals surface area contributed by atoms with Gasteiger partial charge in [-0.2, -0.15) is 0 Å². The number of carboxylic acids is 1. The summed E-state index contributed by atoms with van der Waals surface area (Å²) >= 11 is 0. The number of rotatable bonds is 3. The Morgan fingerprint density at radius 3 is 2.82 bits per heavy atom. The molecule has 17 heavy (non-hydrogen) atoms.